The molecule has 2 heteroatoms. The number of anilines is 2. The third-order valence-corrected chi connectivity index (χ3v) is 10.4. The third-order valence-electron chi connectivity index (χ3n) is 10.4. The molecule has 0 aliphatic carbocycles. The Labute approximate surface area is 302 Å². The number of para-hydroxylation sites is 2. The van der Waals surface area contributed by atoms with Crippen molar-refractivity contribution in [2.24, 2.45) is 0 Å². The zero-order chi connectivity index (χ0) is 34.4. The second kappa shape index (κ2) is 12.5. The molecule has 0 saturated heterocycles. The summed E-state index contributed by atoms with van der Waals surface area (Å²) < 4.78 is 2.36. The Bertz CT molecular complexity index is 2850. The summed E-state index contributed by atoms with van der Waals surface area (Å²) in [7, 11) is 0. The fraction of sp³-hybridized carbons (Fsp3) is 0. The molecular formula is C50H34N2. The Kier molecular flexibility index (Phi) is 7.18. The van der Waals surface area contributed by atoms with Gasteiger partial charge in [0.15, 0.2) is 0 Å². The molecule has 9 aromatic carbocycles. The maximum atomic E-state index is 3.91. The number of hydrogen-bond acceptors (Lipinski definition) is 1. The lowest BCUT2D eigenvalue weighted by Gasteiger charge is -2.23. The van der Waals surface area contributed by atoms with Crippen molar-refractivity contribution in [1.82, 2.24) is 4.57 Å². The molecule has 244 valence electrons. The van der Waals surface area contributed by atoms with Gasteiger partial charge in [-0.15, -0.1) is 0 Å². The Hall–Kier alpha value is -6.90. The largest absolute Gasteiger partial charge is 0.355 e. The van der Waals surface area contributed by atoms with E-state index < -0.39 is 0 Å². The van der Waals surface area contributed by atoms with E-state index in [4.69, 9.17) is 0 Å². The molecule has 0 fully saturated rings. The van der Waals surface area contributed by atoms with Gasteiger partial charge in [0, 0.05) is 39.0 Å². The normalized spacial score (nSPS) is 11.5. The first kappa shape index (κ1) is 30.0. The molecule has 10 aromatic rings. The molecule has 52 heavy (non-hydrogen) atoms. The summed E-state index contributed by atoms with van der Waals surface area (Å²) in [5, 5.41) is 11.3. The molecule has 0 atom stereocenters. The average Bonchev–Trinajstić information content (AvgIpc) is 3.55. The van der Waals surface area contributed by atoms with Crippen LogP contribution in [-0.2, 0) is 0 Å². The van der Waals surface area contributed by atoms with Crippen molar-refractivity contribution in [2.45, 2.75) is 0 Å². The van der Waals surface area contributed by atoms with Gasteiger partial charge in [0.05, 0.1) is 11.0 Å². The van der Waals surface area contributed by atoms with E-state index in [1.807, 2.05) is 0 Å². The zero-order valence-corrected chi connectivity index (χ0v) is 28.5. The summed E-state index contributed by atoms with van der Waals surface area (Å²) in [6.07, 6.45) is 0. The fourth-order valence-corrected chi connectivity index (χ4v) is 8.06. The van der Waals surface area contributed by atoms with E-state index in [-0.39, 0.29) is 0 Å². The van der Waals surface area contributed by atoms with Crippen LogP contribution in [0.4, 0.5) is 11.4 Å². The van der Waals surface area contributed by atoms with Gasteiger partial charge in [0.25, 0.3) is 0 Å². The quantitative estimate of drug-likeness (QED) is 0.187. The first-order valence-corrected chi connectivity index (χ1v) is 17.9. The monoisotopic (exact) mass is 662 g/mol. The first-order valence-electron chi connectivity index (χ1n) is 17.9. The van der Waals surface area contributed by atoms with Crippen LogP contribution in [0.3, 0.4) is 0 Å². The number of rotatable bonds is 6. The van der Waals surface area contributed by atoms with E-state index in [1.54, 1.807) is 0 Å². The molecular weight excluding hydrogens is 629 g/mol. The Balaban J connectivity index is 1.20. The average molecular weight is 663 g/mol. The highest BCUT2D eigenvalue weighted by Crippen LogP contribution is 2.48. The topological polar surface area (TPSA) is 17.0 Å². The predicted molar refractivity (Wildman–Crippen MR) is 222 cm³/mol. The molecule has 0 spiro atoms. The SMILES string of the molecule is c1ccc(-c2ccc(Nc3ccc(-n4c5ccccc5c5ccccc54)cc3)c(-c3cccc4ccccc34)c2-c2cccc3ccccc23)cc1. The van der Waals surface area contributed by atoms with Gasteiger partial charge in [-0.05, 0) is 86.3 Å². The molecule has 0 bridgehead atoms. The van der Waals surface area contributed by atoms with Crippen molar-refractivity contribution in [3.05, 3.63) is 200 Å². The predicted octanol–water partition coefficient (Wildman–Crippen LogP) is 13.8. The van der Waals surface area contributed by atoms with Crippen LogP contribution in [0.15, 0.2) is 200 Å². The Morgan fingerprint density at radius 2 is 0.827 bits per heavy atom. The van der Waals surface area contributed by atoms with Crippen LogP contribution in [0.1, 0.15) is 0 Å². The Morgan fingerprint density at radius 3 is 1.44 bits per heavy atom. The second-order valence-corrected chi connectivity index (χ2v) is 13.4. The minimum atomic E-state index is 1.03. The summed E-state index contributed by atoms with van der Waals surface area (Å²) in [5.74, 6) is 0. The maximum Gasteiger partial charge on any atom is 0.0541 e. The summed E-state index contributed by atoms with van der Waals surface area (Å²) in [5.41, 5.74) is 12.8. The molecule has 0 saturated carbocycles. The number of aromatic nitrogens is 1. The van der Waals surface area contributed by atoms with Gasteiger partial charge < -0.3 is 9.88 Å². The van der Waals surface area contributed by atoms with Crippen molar-refractivity contribution >= 4 is 54.7 Å². The molecule has 0 aliphatic heterocycles. The zero-order valence-electron chi connectivity index (χ0n) is 28.5. The van der Waals surface area contributed by atoms with E-state index in [0.717, 1.165) is 17.1 Å². The van der Waals surface area contributed by atoms with Crippen LogP contribution in [0.25, 0.3) is 82.4 Å². The molecule has 1 N–H and O–H groups in total. The first-order chi connectivity index (χ1) is 25.8. The van der Waals surface area contributed by atoms with Crippen LogP contribution in [0.5, 0.6) is 0 Å². The van der Waals surface area contributed by atoms with Crippen molar-refractivity contribution < 1.29 is 0 Å². The number of nitrogens with one attached hydrogen (secondary N) is 1. The van der Waals surface area contributed by atoms with Gasteiger partial charge in [0.2, 0.25) is 0 Å². The molecule has 0 radical (unpaired) electrons. The lowest BCUT2D eigenvalue weighted by molar-refractivity contribution is 1.18. The van der Waals surface area contributed by atoms with Gasteiger partial charge in [0.1, 0.15) is 0 Å². The van der Waals surface area contributed by atoms with Gasteiger partial charge in [-0.25, -0.2) is 0 Å². The van der Waals surface area contributed by atoms with Gasteiger partial charge in [-0.1, -0.05) is 158 Å². The molecule has 1 heterocycles. The van der Waals surface area contributed by atoms with Gasteiger partial charge in [-0.2, -0.15) is 0 Å². The van der Waals surface area contributed by atoms with Gasteiger partial charge in [-0.3, -0.25) is 0 Å². The van der Waals surface area contributed by atoms with Crippen molar-refractivity contribution in [3.63, 3.8) is 0 Å². The van der Waals surface area contributed by atoms with Crippen LogP contribution in [0.2, 0.25) is 0 Å². The number of nitrogens with zero attached hydrogens (tertiary/aromatic N) is 1. The van der Waals surface area contributed by atoms with Gasteiger partial charge >= 0.3 is 0 Å². The summed E-state index contributed by atoms with van der Waals surface area (Å²) in [4.78, 5) is 0. The summed E-state index contributed by atoms with van der Waals surface area (Å²) >= 11 is 0. The number of benzene rings is 9. The minimum Gasteiger partial charge on any atom is -0.355 e. The fourth-order valence-electron chi connectivity index (χ4n) is 8.06. The lowest BCUT2D eigenvalue weighted by Crippen LogP contribution is -2.00. The van der Waals surface area contributed by atoms with Crippen LogP contribution in [-0.4, -0.2) is 4.57 Å². The van der Waals surface area contributed by atoms with Crippen molar-refractivity contribution in [2.75, 3.05) is 5.32 Å². The smallest absolute Gasteiger partial charge is 0.0541 e. The van der Waals surface area contributed by atoms with E-state index in [9.17, 15) is 0 Å². The third kappa shape index (κ3) is 4.96. The van der Waals surface area contributed by atoms with E-state index >= 15 is 0 Å². The highest BCUT2D eigenvalue weighted by molar-refractivity contribution is 6.12. The molecule has 10 rings (SSSR count). The Morgan fingerprint density at radius 1 is 0.327 bits per heavy atom. The summed E-state index contributed by atoms with van der Waals surface area (Å²) in [6, 6.07) is 72.3. The molecule has 1 aromatic heterocycles. The van der Waals surface area contributed by atoms with Crippen LogP contribution < -0.4 is 5.32 Å². The molecule has 2 nitrogen and oxygen atoms in total. The minimum absolute atomic E-state index is 1.03. The number of fused-ring (bicyclic) bond motifs is 5. The maximum absolute atomic E-state index is 3.91. The highest BCUT2D eigenvalue weighted by Gasteiger charge is 2.22. The van der Waals surface area contributed by atoms with E-state index in [2.05, 4.69) is 210 Å². The standard InChI is InChI=1S/C50H34N2/c1-2-14-36(15-3-1)41-32-33-46(51-37-28-30-38(31-29-37)52-47-26-10-8-22-42(47)43-23-9-11-27-48(43)52)50(45-25-13-19-35-17-5-7-21-40(35)45)49(41)44-24-12-18-34-16-4-6-20-39(34)44/h1-33,51H. The van der Waals surface area contributed by atoms with E-state index in [0.29, 0.717) is 0 Å². The van der Waals surface area contributed by atoms with Crippen LogP contribution >= 0.6 is 0 Å². The molecule has 0 aliphatic rings. The lowest BCUT2D eigenvalue weighted by atomic mass is 9.83. The van der Waals surface area contributed by atoms with E-state index in [1.165, 1.54) is 76.7 Å². The molecule has 0 unspecified atom stereocenters. The van der Waals surface area contributed by atoms with Crippen LogP contribution in [0, 0.1) is 0 Å². The second-order valence-electron chi connectivity index (χ2n) is 13.4. The van der Waals surface area contributed by atoms with Crippen molar-refractivity contribution in [1.29, 1.82) is 0 Å². The molecule has 0 amide bonds. The summed E-state index contributed by atoms with van der Waals surface area (Å²) in [6.45, 7) is 0. The number of hydrogen-bond donors (Lipinski definition) is 1. The highest BCUT2D eigenvalue weighted by atomic mass is 15.0. The van der Waals surface area contributed by atoms with Crippen molar-refractivity contribution in [3.8, 4) is 39.1 Å².